The van der Waals surface area contributed by atoms with Gasteiger partial charge in [0, 0.05) is 25.7 Å². The fraction of sp³-hybridized carbons (Fsp3) is 0.562. The number of halogens is 1. The molecule has 136 valence electrons. The van der Waals surface area contributed by atoms with Crippen LogP contribution >= 0.6 is 0 Å². The number of guanidine groups is 1. The van der Waals surface area contributed by atoms with Gasteiger partial charge in [0.15, 0.2) is 5.96 Å². The highest BCUT2D eigenvalue weighted by Crippen LogP contribution is 2.08. The van der Waals surface area contributed by atoms with Gasteiger partial charge in [-0.1, -0.05) is 12.1 Å². The monoisotopic (exact) mass is 358 g/mol. The molecular weight excluding hydrogens is 331 g/mol. The van der Waals surface area contributed by atoms with Gasteiger partial charge in [-0.3, -0.25) is 4.99 Å². The lowest BCUT2D eigenvalue weighted by molar-refractivity contribution is 0.446. The van der Waals surface area contributed by atoms with E-state index in [4.69, 9.17) is 0 Å². The highest BCUT2D eigenvalue weighted by atomic mass is 32.2. The molecule has 24 heavy (non-hydrogen) atoms. The molecule has 1 aromatic rings. The highest BCUT2D eigenvalue weighted by Gasteiger charge is 2.22. The molecule has 0 bridgehead atoms. The molecule has 6 nitrogen and oxygen atoms in total. The topological polar surface area (TPSA) is 73.8 Å². The standard InChI is InChI=1S/C16H27FN4O2S/c1-6-18-15(19-12-16(2,3)20-24(5,22)23)21(4)11-13-8-7-9-14(17)10-13/h7-10,20H,6,11-12H2,1-5H3,(H,18,19). The van der Waals surface area contributed by atoms with Crippen molar-refractivity contribution in [1.82, 2.24) is 14.9 Å². The average molecular weight is 358 g/mol. The van der Waals surface area contributed by atoms with Gasteiger partial charge in [0.1, 0.15) is 5.82 Å². The van der Waals surface area contributed by atoms with Crippen LogP contribution in [0.25, 0.3) is 0 Å². The Balaban J connectivity index is 2.84. The lowest BCUT2D eigenvalue weighted by Crippen LogP contribution is -2.46. The summed E-state index contributed by atoms with van der Waals surface area (Å²) in [4.78, 5) is 6.37. The molecule has 0 aliphatic heterocycles. The molecule has 8 heteroatoms. The molecule has 0 saturated heterocycles. The zero-order valence-corrected chi connectivity index (χ0v) is 15.7. The van der Waals surface area contributed by atoms with Crippen LogP contribution in [-0.4, -0.2) is 51.2 Å². The molecule has 1 aromatic carbocycles. The SMILES string of the molecule is CCNC(=NCC(C)(C)NS(C)(=O)=O)N(C)Cc1cccc(F)c1. The van der Waals surface area contributed by atoms with Crippen molar-refractivity contribution >= 4 is 16.0 Å². The van der Waals surface area contributed by atoms with E-state index in [0.717, 1.165) is 11.8 Å². The van der Waals surface area contributed by atoms with Gasteiger partial charge < -0.3 is 10.2 Å². The third-order valence-electron chi connectivity index (χ3n) is 3.09. The summed E-state index contributed by atoms with van der Waals surface area (Å²) in [6.45, 7) is 6.93. The quantitative estimate of drug-likeness (QED) is 0.573. The molecule has 0 unspecified atom stereocenters. The van der Waals surface area contributed by atoms with E-state index in [2.05, 4.69) is 15.0 Å². The van der Waals surface area contributed by atoms with E-state index < -0.39 is 15.6 Å². The van der Waals surface area contributed by atoms with E-state index in [1.54, 1.807) is 19.9 Å². The zero-order chi connectivity index (χ0) is 18.4. The van der Waals surface area contributed by atoms with Gasteiger partial charge >= 0.3 is 0 Å². The van der Waals surface area contributed by atoms with Crippen LogP contribution in [0, 0.1) is 5.82 Å². The number of sulfonamides is 1. The van der Waals surface area contributed by atoms with E-state index >= 15 is 0 Å². The number of hydrogen-bond donors (Lipinski definition) is 2. The minimum absolute atomic E-state index is 0.274. The third-order valence-corrected chi connectivity index (χ3v) is 4.01. The normalized spacial score (nSPS) is 13.0. The molecular formula is C16H27FN4O2S. The van der Waals surface area contributed by atoms with Crippen LogP contribution in [0.2, 0.25) is 0 Å². The Morgan fingerprint density at radius 3 is 2.58 bits per heavy atom. The Hall–Kier alpha value is -1.67. The van der Waals surface area contributed by atoms with Gasteiger partial charge in [-0.2, -0.15) is 0 Å². The summed E-state index contributed by atoms with van der Waals surface area (Å²) in [6.07, 6.45) is 1.12. The van der Waals surface area contributed by atoms with Crippen molar-refractivity contribution in [3.05, 3.63) is 35.6 Å². The van der Waals surface area contributed by atoms with E-state index in [-0.39, 0.29) is 12.4 Å². The lowest BCUT2D eigenvalue weighted by Gasteiger charge is -2.26. The fourth-order valence-electron chi connectivity index (χ4n) is 2.26. The van der Waals surface area contributed by atoms with Gasteiger partial charge in [0.2, 0.25) is 10.0 Å². The minimum Gasteiger partial charge on any atom is -0.357 e. The second-order valence-corrected chi connectivity index (χ2v) is 8.16. The molecule has 0 atom stereocenters. The number of rotatable bonds is 7. The zero-order valence-electron chi connectivity index (χ0n) is 14.9. The maximum Gasteiger partial charge on any atom is 0.209 e. The smallest absolute Gasteiger partial charge is 0.209 e. The summed E-state index contributed by atoms with van der Waals surface area (Å²) < 4.78 is 38.7. The third kappa shape index (κ3) is 7.74. The molecule has 2 N–H and O–H groups in total. The van der Waals surface area contributed by atoms with E-state index in [1.807, 2.05) is 24.9 Å². The fourth-order valence-corrected chi connectivity index (χ4v) is 3.33. The summed E-state index contributed by atoms with van der Waals surface area (Å²) in [5, 5.41) is 3.16. The Morgan fingerprint density at radius 2 is 2.04 bits per heavy atom. The largest absolute Gasteiger partial charge is 0.357 e. The Kier molecular flexibility index (Phi) is 7.16. The highest BCUT2D eigenvalue weighted by molar-refractivity contribution is 7.88. The summed E-state index contributed by atoms with van der Waals surface area (Å²) in [5.41, 5.74) is 0.130. The summed E-state index contributed by atoms with van der Waals surface area (Å²) in [7, 11) is -1.46. The number of hydrogen-bond acceptors (Lipinski definition) is 3. The van der Waals surface area contributed by atoms with Crippen molar-refractivity contribution in [2.75, 3.05) is 26.4 Å². The Morgan fingerprint density at radius 1 is 1.38 bits per heavy atom. The van der Waals surface area contributed by atoms with Gasteiger partial charge in [0.25, 0.3) is 0 Å². The second-order valence-electron chi connectivity index (χ2n) is 6.41. The van der Waals surface area contributed by atoms with Crippen LogP contribution in [0.3, 0.4) is 0 Å². The number of nitrogens with zero attached hydrogens (tertiary/aromatic N) is 2. The van der Waals surface area contributed by atoms with E-state index in [9.17, 15) is 12.8 Å². The van der Waals surface area contributed by atoms with Gasteiger partial charge in [-0.05, 0) is 38.5 Å². The first-order chi connectivity index (χ1) is 11.0. The molecule has 0 aliphatic carbocycles. The van der Waals surface area contributed by atoms with Crippen molar-refractivity contribution in [2.45, 2.75) is 32.9 Å². The minimum atomic E-state index is -3.31. The molecule has 0 saturated carbocycles. The van der Waals surface area contributed by atoms with Crippen LogP contribution in [0.15, 0.2) is 29.3 Å². The van der Waals surface area contributed by atoms with Crippen LogP contribution in [-0.2, 0) is 16.6 Å². The van der Waals surface area contributed by atoms with Gasteiger partial charge in [-0.15, -0.1) is 0 Å². The van der Waals surface area contributed by atoms with Crippen molar-refractivity contribution in [3.8, 4) is 0 Å². The first-order valence-corrected chi connectivity index (χ1v) is 9.64. The van der Waals surface area contributed by atoms with Crippen molar-refractivity contribution in [2.24, 2.45) is 4.99 Å². The van der Waals surface area contributed by atoms with E-state index in [1.165, 1.54) is 12.1 Å². The first-order valence-electron chi connectivity index (χ1n) is 7.75. The maximum absolute atomic E-state index is 13.3. The maximum atomic E-state index is 13.3. The van der Waals surface area contributed by atoms with Crippen LogP contribution in [0.5, 0.6) is 0 Å². The summed E-state index contributed by atoms with van der Waals surface area (Å²) in [6, 6.07) is 6.40. The van der Waals surface area contributed by atoms with Crippen molar-refractivity contribution < 1.29 is 12.8 Å². The van der Waals surface area contributed by atoms with Crippen molar-refractivity contribution in [3.63, 3.8) is 0 Å². The molecule has 0 aliphatic rings. The molecule has 1 rings (SSSR count). The number of nitrogens with one attached hydrogen (secondary N) is 2. The molecule has 0 aromatic heterocycles. The summed E-state index contributed by atoms with van der Waals surface area (Å²) in [5.74, 6) is 0.353. The van der Waals surface area contributed by atoms with Crippen LogP contribution < -0.4 is 10.0 Å². The average Bonchev–Trinajstić information content (AvgIpc) is 2.40. The molecule has 0 amide bonds. The summed E-state index contributed by atoms with van der Waals surface area (Å²) >= 11 is 0. The predicted molar refractivity (Wildman–Crippen MR) is 95.9 cm³/mol. The molecule has 0 heterocycles. The number of benzene rings is 1. The first kappa shape index (κ1) is 20.4. The van der Waals surface area contributed by atoms with Crippen molar-refractivity contribution in [1.29, 1.82) is 0 Å². The van der Waals surface area contributed by atoms with Crippen LogP contribution in [0.4, 0.5) is 4.39 Å². The van der Waals surface area contributed by atoms with Gasteiger partial charge in [0.05, 0.1) is 12.8 Å². The molecule has 0 radical (unpaired) electrons. The number of aliphatic imine (C=N–C) groups is 1. The molecule has 0 spiro atoms. The second kappa shape index (κ2) is 8.43. The molecule has 0 fully saturated rings. The predicted octanol–water partition coefficient (Wildman–Crippen LogP) is 1.55. The lowest BCUT2D eigenvalue weighted by atomic mass is 10.1. The van der Waals surface area contributed by atoms with E-state index in [0.29, 0.717) is 19.0 Å². The Labute approximate surface area is 144 Å². The van der Waals surface area contributed by atoms with Crippen LogP contribution in [0.1, 0.15) is 26.3 Å². The van der Waals surface area contributed by atoms with Gasteiger partial charge in [-0.25, -0.2) is 17.5 Å². The Bertz CT molecular complexity index is 674.